The molecule has 4 aromatic rings. The largest absolute Gasteiger partial charge is 0.396 e. The molecule has 4 rings (SSSR count). The first kappa shape index (κ1) is 19.0. The molecule has 9 heteroatoms. The maximum atomic E-state index is 12.4. The predicted molar refractivity (Wildman–Crippen MR) is 112 cm³/mol. The number of benzene rings is 1. The molecular weight excluding hydrogens is 388 g/mol. The third-order valence-corrected chi connectivity index (χ3v) is 5.28. The number of anilines is 2. The number of aliphatic hydroxyl groups is 1. The summed E-state index contributed by atoms with van der Waals surface area (Å²) in [7, 11) is 0. The van der Waals surface area contributed by atoms with Crippen molar-refractivity contribution in [3.05, 3.63) is 71.1 Å². The third kappa shape index (κ3) is 4.58. The molecule has 148 valence electrons. The zero-order chi connectivity index (χ0) is 20.1. The summed E-state index contributed by atoms with van der Waals surface area (Å²) in [5.74, 6) is 0.272. The Balaban J connectivity index is 1.36. The third-order valence-electron chi connectivity index (χ3n) is 4.37. The number of amides is 1. The minimum atomic E-state index is -0.318. The molecule has 0 aliphatic rings. The van der Waals surface area contributed by atoms with Gasteiger partial charge in [0, 0.05) is 30.1 Å². The van der Waals surface area contributed by atoms with E-state index in [1.54, 1.807) is 29.7 Å². The van der Waals surface area contributed by atoms with Crippen LogP contribution in [0.4, 0.5) is 11.5 Å². The quantitative estimate of drug-likeness (QED) is 0.414. The molecule has 1 amide bonds. The SMILES string of the molecule is O=C(Nc1cccc(CCCO)c1)c1ccc(NCc2csc3nccn23)nn1. The first-order valence-corrected chi connectivity index (χ1v) is 10.1. The normalized spacial score (nSPS) is 10.9. The molecule has 0 radical (unpaired) electrons. The Labute approximate surface area is 171 Å². The molecule has 0 saturated carbocycles. The van der Waals surface area contributed by atoms with E-state index in [1.165, 1.54) is 0 Å². The number of carbonyl (C=O) groups excluding carboxylic acids is 1. The minimum Gasteiger partial charge on any atom is -0.396 e. The number of thiazole rings is 1. The molecule has 0 unspecified atom stereocenters. The second-order valence-corrected chi connectivity index (χ2v) is 7.28. The number of nitrogens with zero attached hydrogens (tertiary/aromatic N) is 4. The van der Waals surface area contributed by atoms with Crippen LogP contribution in [0, 0.1) is 0 Å². The van der Waals surface area contributed by atoms with Gasteiger partial charge in [0.15, 0.2) is 10.7 Å². The van der Waals surface area contributed by atoms with Crippen LogP contribution in [-0.2, 0) is 13.0 Å². The highest BCUT2D eigenvalue weighted by atomic mass is 32.1. The van der Waals surface area contributed by atoms with Gasteiger partial charge in [-0.05, 0) is 42.7 Å². The fourth-order valence-electron chi connectivity index (χ4n) is 2.91. The number of aliphatic hydroxyl groups excluding tert-OH is 1. The average Bonchev–Trinajstić information content (AvgIpc) is 3.36. The van der Waals surface area contributed by atoms with E-state index in [1.807, 2.05) is 40.2 Å². The Morgan fingerprint density at radius 2 is 2.14 bits per heavy atom. The molecule has 1 aromatic carbocycles. The first-order chi connectivity index (χ1) is 14.2. The van der Waals surface area contributed by atoms with E-state index >= 15 is 0 Å². The van der Waals surface area contributed by atoms with E-state index in [2.05, 4.69) is 25.8 Å². The minimum absolute atomic E-state index is 0.145. The summed E-state index contributed by atoms with van der Waals surface area (Å²) in [6.07, 6.45) is 5.14. The summed E-state index contributed by atoms with van der Waals surface area (Å²) in [5, 5.41) is 25.1. The molecule has 0 saturated heterocycles. The number of nitrogens with one attached hydrogen (secondary N) is 2. The molecule has 0 bridgehead atoms. The lowest BCUT2D eigenvalue weighted by atomic mass is 10.1. The maximum absolute atomic E-state index is 12.4. The second-order valence-electron chi connectivity index (χ2n) is 6.45. The molecule has 29 heavy (non-hydrogen) atoms. The second kappa shape index (κ2) is 8.80. The molecule has 0 atom stereocenters. The van der Waals surface area contributed by atoms with E-state index in [0.717, 1.165) is 22.6 Å². The van der Waals surface area contributed by atoms with Crippen molar-refractivity contribution in [1.29, 1.82) is 0 Å². The maximum Gasteiger partial charge on any atom is 0.276 e. The van der Waals surface area contributed by atoms with Gasteiger partial charge in [0.25, 0.3) is 5.91 Å². The van der Waals surface area contributed by atoms with Gasteiger partial charge in [-0.1, -0.05) is 12.1 Å². The van der Waals surface area contributed by atoms with Gasteiger partial charge in [0.05, 0.1) is 12.2 Å². The van der Waals surface area contributed by atoms with Gasteiger partial charge in [0.2, 0.25) is 0 Å². The number of rotatable bonds is 8. The number of carbonyl (C=O) groups is 1. The van der Waals surface area contributed by atoms with E-state index in [9.17, 15) is 4.79 Å². The van der Waals surface area contributed by atoms with Gasteiger partial charge in [-0.15, -0.1) is 21.5 Å². The zero-order valence-electron chi connectivity index (χ0n) is 15.6. The number of fused-ring (bicyclic) bond motifs is 1. The van der Waals surface area contributed by atoms with Crippen LogP contribution in [0.15, 0.2) is 54.2 Å². The van der Waals surface area contributed by atoms with Crippen LogP contribution in [0.2, 0.25) is 0 Å². The molecule has 8 nitrogen and oxygen atoms in total. The van der Waals surface area contributed by atoms with Crippen LogP contribution in [-0.4, -0.2) is 37.2 Å². The standard InChI is InChI=1S/C20H20N6O2S/c27-10-2-4-14-3-1-5-15(11-14)23-19(28)17-6-7-18(25-24-17)22-12-16-13-29-20-21-8-9-26(16)20/h1,3,5-9,11,13,27H,2,4,10,12H2,(H,22,25)(H,23,28). The smallest absolute Gasteiger partial charge is 0.276 e. The Morgan fingerprint density at radius 1 is 1.21 bits per heavy atom. The average molecular weight is 408 g/mol. The molecule has 0 fully saturated rings. The summed E-state index contributed by atoms with van der Waals surface area (Å²) in [4.78, 5) is 17.6. The lowest BCUT2D eigenvalue weighted by Gasteiger charge is -2.08. The summed E-state index contributed by atoms with van der Waals surface area (Å²) in [5.41, 5.74) is 3.07. The topological polar surface area (TPSA) is 104 Å². The van der Waals surface area contributed by atoms with E-state index in [0.29, 0.717) is 24.5 Å². The summed E-state index contributed by atoms with van der Waals surface area (Å²) < 4.78 is 2.02. The van der Waals surface area contributed by atoms with Crippen LogP contribution in [0.3, 0.4) is 0 Å². The highest BCUT2D eigenvalue weighted by Crippen LogP contribution is 2.16. The van der Waals surface area contributed by atoms with Gasteiger partial charge in [-0.25, -0.2) is 4.98 Å². The van der Waals surface area contributed by atoms with Crippen LogP contribution < -0.4 is 10.6 Å². The molecule has 3 N–H and O–H groups in total. The van der Waals surface area contributed by atoms with Gasteiger partial charge >= 0.3 is 0 Å². The highest BCUT2D eigenvalue weighted by Gasteiger charge is 2.10. The lowest BCUT2D eigenvalue weighted by molar-refractivity contribution is 0.102. The van der Waals surface area contributed by atoms with Gasteiger partial charge in [-0.3, -0.25) is 9.20 Å². The first-order valence-electron chi connectivity index (χ1n) is 9.21. The van der Waals surface area contributed by atoms with E-state index in [4.69, 9.17) is 5.11 Å². The van der Waals surface area contributed by atoms with E-state index < -0.39 is 0 Å². The van der Waals surface area contributed by atoms with Crippen molar-refractivity contribution < 1.29 is 9.90 Å². The summed E-state index contributed by atoms with van der Waals surface area (Å²) in [6, 6.07) is 10.9. The molecule has 0 spiro atoms. The van der Waals surface area contributed by atoms with Crippen molar-refractivity contribution in [1.82, 2.24) is 19.6 Å². The number of imidazole rings is 1. The van der Waals surface area contributed by atoms with Crippen molar-refractivity contribution in [2.45, 2.75) is 19.4 Å². The fraction of sp³-hybridized carbons (Fsp3) is 0.200. The van der Waals surface area contributed by atoms with Crippen molar-refractivity contribution in [2.24, 2.45) is 0 Å². The van der Waals surface area contributed by atoms with Crippen LogP contribution in [0.25, 0.3) is 4.96 Å². The van der Waals surface area contributed by atoms with Crippen molar-refractivity contribution in [2.75, 3.05) is 17.2 Å². The number of hydrogen-bond acceptors (Lipinski definition) is 7. The Kier molecular flexibility index (Phi) is 5.78. The number of hydrogen-bond donors (Lipinski definition) is 3. The Bertz CT molecular complexity index is 1110. The van der Waals surface area contributed by atoms with Crippen molar-refractivity contribution in [3.63, 3.8) is 0 Å². The van der Waals surface area contributed by atoms with E-state index in [-0.39, 0.29) is 18.2 Å². The molecule has 0 aliphatic heterocycles. The lowest BCUT2D eigenvalue weighted by Crippen LogP contribution is -2.15. The van der Waals surface area contributed by atoms with Crippen LogP contribution in [0.5, 0.6) is 0 Å². The molecule has 0 aliphatic carbocycles. The van der Waals surface area contributed by atoms with Crippen LogP contribution in [0.1, 0.15) is 28.2 Å². The van der Waals surface area contributed by atoms with Crippen LogP contribution >= 0.6 is 11.3 Å². The molecule has 3 heterocycles. The predicted octanol–water partition coefficient (Wildman–Crippen LogP) is 2.98. The Morgan fingerprint density at radius 3 is 2.97 bits per heavy atom. The molecular formula is C20H20N6O2S. The Hall–Kier alpha value is -3.30. The van der Waals surface area contributed by atoms with Crippen molar-refractivity contribution in [3.8, 4) is 0 Å². The fourth-order valence-corrected chi connectivity index (χ4v) is 3.76. The monoisotopic (exact) mass is 408 g/mol. The number of aryl methyl sites for hydroxylation is 1. The number of aromatic nitrogens is 4. The summed E-state index contributed by atoms with van der Waals surface area (Å²) >= 11 is 1.58. The van der Waals surface area contributed by atoms with Gasteiger partial charge in [0.1, 0.15) is 5.82 Å². The summed E-state index contributed by atoms with van der Waals surface area (Å²) in [6.45, 7) is 0.726. The molecule has 3 aromatic heterocycles. The highest BCUT2D eigenvalue weighted by molar-refractivity contribution is 7.15. The zero-order valence-corrected chi connectivity index (χ0v) is 16.4. The van der Waals surface area contributed by atoms with Gasteiger partial charge in [-0.2, -0.15) is 0 Å². The van der Waals surface area contributed by atoms with Gasteiger partial charge < -0.3 is 15.7 Å². The van der Waals surface area contributed by atoms with Crippen molar-refractivity contribution >= 4 is 33.7 Å².